The SMILES string of the molecule is CCC(C)N(CC(=O)N(Cc1ccccc1)Cc1ccc(C)s1)C(=O)c1ccc(Cl)c([N+](=O)[O-])c1. The molecule has 0 aliphatic rings. The number of thiophene rings is 1. The van der Waals surface area contributed by atoms with E-state index in [9.17, 15) is 19.7 Å². The van der Waals surface area contributed by atoms with Crippen LogP contribution in [0, 0.1) is 17.0 Å². The van der Waals surface area contributed by atoms with Gasteiger partial charge in [-0.3, -0.25) is 19.7 Å². The number of hydrogen-bond acceptors (Lipinski definition) is 5. The molecular weight excluding hydrogens is 486 g/mol. The summed E-state index contributed by atoms with van der Waals surface area (Å²) in [7, 11) is 0. The van der Waals surface area contributed by atoms with Crippen LogP contribution in [0.2, 0.25) is 5.02 Å². The van der Waals surface area contributed by atoms with Crippen LogP contribution in [-0.4, -0.2) is 39.1 Å². The lowest BCUT2D eigenvalue weighted by atomic mass is 10.1. The molecule has 0 saturated heterocycles. The first-order valence-corrected chi connectivity index (χ1v) is 12.5. The van der Waals surface area contributed by atoms with E-state index in [-0.39, 0.29) is 34.8 Å². The Morgan fingerprint density at radius 1 is 1.09 bits per heavy atom. The number of aryl methyl sites for hydroxylation is 1. The lowest BCUT2D eigenvalue weighted by molar-refractivity contribution is -0.384. The molecule has 35 heavy (non-hydrogen) atoms. The molecule has 0 spiro atoms. The van der Waals surface area contributed by atoms with Crippen molar-refractivity contribution in [3.8, 4) is 0 Å². The summed E-state index contributed by atoms with van der Waals surface area (Å²) in [6.45, 7) is 6.51. The van der Waals surface area contributed by atoms with Gasteiger partial charge in [-0.15, -0.1) is 11.3 Å². The maximum absolute atomic E-state index is 13.6. The summed E-state index contributed by atoms with van der Waals surface area (Å²) in [6.07, 6.45) is 0.623. The summed E-state index contributed by atoms with van der Waals surface area (Å²) in [4.78, 5) is 43.1. The average molecular weight is 514 g/mol. The smallest absolute Gasteiger partial charge is 0.288 e. The zero-order valence-corrected chi connectivity index (χ0v) is 21.5. The first-order valence-electron chi connectivity index (χ1n) is 11.3. The molecule has 0 bridgehead atoms. The minimum Gasteiger partial charge on any atom is -0.332 e. The number of carbonyl (C=O) groups is 2. The molecule has 7 nitrogen and oxygen atoms in total. The number of rotatable bonds is 10. The monoisotopic (exact) mass is 513 g/mol. The molecule has 1 atom stereocenters. The van der Waals surface area contributed by atoms with E-state index in [4.69, 9.17) is 11.6 Å². The fourth-order valence-electron chi connectivity index (χ4n) is 3.64. The van der Waals surface area contributed by atoms with Crippen molar-refractivity contribution in [3.63, 3.8) is 0 Å². The van der Waals surface area contributed by atoms with Crippen LogP contribution in [-0.2, 0) is 17.9 Å². The van der Waals surface area contributed by atoms with Gasteiger partial charge in [0, 0.05) is 34.0 Å². The van der Waals surface area contributed by atoms with Crippen molar-refractivity contribution in [1.82, 2.24) is 9.80 Å². The summed E-state index contributed by atoms with van der Waals surface area (Å²) in [5, 5.41) is 11.3. The molecule has 3 rings (SSSR count). The Morgan fingerprint density at radius 2 is 1.80 bits per heavy atom. The van der Waals surface area contributed by atoms with Gasteiger partial charge in [-0.1, -0.05) is 48.9 Å². The number of nitro groups is 1. The Labute approximate surface area is 214 Å². The van der Waals surface area contributed by atoms with Crippen molar-refractivity contribution < 1.29 is 14.5 Å². The third kappa shape index (κ3) is 6.90. The molecule has 0 fully saturated rings. The molecule has 184 valence electrons. The van der Waals surface area contributed by atoms with E-state index in [0.29, 0.717) is 19.5 Å². The quantitative estimate of drug-likeness (QED) is 0.242. The van der Waals surface area contributed by atoms with Gasteiger partial charge in [0.2, 0.25) is 5.91 Å². The highest BCUT2D eigenvalue weighted by molar-refractivity contribution is 7.11. The Kier molecular flexibility index (Phi) is 9.01. The fourth-order valence-corrected chi connectivity index (χ4v) is 4.73. The molecule has 2 amide bonds. The van der Waals surface area contributed by atoms with E-state index in [0.717, 1.165) is 15.3 Å². The predicted molar refractivity (Wildman–Crippen MR) is 139 cm³/mol. The average Bonchev–Trinajstić information content (AvgIpc) is 3.26. The lowest BCUT2D eigenvalue weighted by Crippen LogP contribution is -2.46. The minimum atomic E-state index is -0.623. The Hall–Kier alpha value is -3.23. The van der Waals surface area contributed by atoms with Crippen LogP contribution in [0.5, 0.6) is 0 Å². The molecule has 0 aliphatic carbocycles. The van der Waals surface area contributed by atoms with Crippen molar-refractivity contribution in [2.24, 2.45) is 0 Å². The zero-order chi connectivity index (χ0) is 25.5. The third-order valence-corrected chi connectivity index (χ3v) is 7.10. The molecule has 0 aliphatic heterocycles. The first kappa shape index (κ1) is 26.4. The van der Waals surface area contributed by atoms with E-state index in [1.54, 1.807) is 16.2 Å². The van der Waals surface area contributed by atoms with Crippen molar-refractivity contribution in [1.29, 1.82) is 0 Å². The molecule has 1 aromatic heterocycles. The normalized spacial score (nSPS) is 11.7. The van der Waals surface area contributed by atoms with Gasteiger partial charge >= 0.3 is 0 Å². The molecule has 2 aromatic carbocycles. The number of amides is 2. The van der Waals surface area contributed by atoms with Gasteiger partial charge in [-0.05, 0) is 50.1 Å². The van der Waals surface area contributed by atoms with E-state index in [2.05, 4.69) is 0 Å². The van der Waals surface area contributed by atoms with Crippen molar-refractivity contribution in [2.45, 2.75) is 46.3 Å². The van der Waals surface area contributed by atoms with Crippen LogP contribution in [0.15, 0.2) is 60.7 Å². The molecule has 0 radical (unpaired) electrons. The van der Waals surface area contributed by atoms with Crippen LogP contribution in [0.1, 0.15) is 45.9 Å². The summed E-state index contributed by atoms with van der Waals surface area (Å²) in [5.74, 6) is -0.642. The van der Waals surface area contributed by atoms with Gasteiger partial charge in [0.1, 0.15) is 11.6 Å². The maximum atomic E-state index is 13.6. The number of hydrogen-bond donors (Lipinski definition) is 0. The Bertz CT molecular complexity index is 1200. The van der Waals surface area contributed by atoms with Gasteiger partial charge in [0.05, 0.1) is 11.5 Å². The summed E-state index contributed by atoms with van der Waals surface area (Å²) < 4.78 is 0. The summed E-state index contributed by atoms with van der Waals surface area (Å²) >= 11 is 7.55. The maximum Gasteiger partial charge on any atom is 0.288 e. The zero-order valence-electron chi connectivity index (χ0n) is 19.9. The van der Waals surface area contributed by atoms with E-state index in [1.807, 2.05) is 63.2 Å². The number of carbonyl (C=O) groups excluding carboxylic acids is 2. The Morgan fingerprint density at radius 3 is 2.40 bits per heavy atom. The van der Waals surface area contributed by atoms with Crippen molar-refractivity contribution in [3.05, 3.63) is 96.7 Å². The first-order chi connectivity index (χ1) is 16.7. The van der Waals surface area contributed by atoms with Gasteiger partial charge in [0.15, 0.2) is 0 Å². The minimum absolute atomic E-state index is 0.0435. The largest absolute Gasteiger partial charge is 0.332 e. The van der Waals surface area contributed by atoms with Gasteiger partial charge in [0.25, 0.3) is 11.6 Å². The molecule has 0 N–H and O–H groups in total. The molecule has 1 unspecified atom stereocenters. The number of halogens is 1. The van der Waals surface area contributed by atoms with Crippen LogP contribution < -0.4 is 0 Å². The second-order valence-corrected chi connectivity index (χ2v) is 10.1. The molecule has 0 saturated carbocycles. The molecule has 1 heterocycles. The number of nitro benzene ring substituents is 1. The third-order valence-electron chi connectivity index (χ3n) is 5.79. The molecular formula is C26H28ClN3O4S. The van der Waals surface area contributed by atoms with Crippen LogP contribution >= 0.6 is 22.9 Å². The van der Waals surface area contributed by atoms with Crippen LogP contribution in [0.4, 0.5) is 5.69 Å². The number of nitrogens with zero attached hydrogens (tertiary/aromatic N) is 3. The van der Waals surface area contributed by atoms with Crippen molar-refractivity contribution in [2.75, 3.05) is 6.54 Å². The van der Waals surface area contributed by atoms with Crippen LogP contribution in [0.25, 0.3) is 0 Å². The van der Waals surface area contributed by atoms with E-state index in [1.165, 1.54) is 23.1 Å². The standard InChI is InChI=1S/C26H28ClN3O4S/c1-4-18(2)29(26(32)21-11-13-23(27)24(14-21)30(33)34)17-25(31)28(15-20-8-6-5-7-9-20)16-22-12-10-19(3)35-22/h5-14,18H,4,15-17H2,1-3H3. The highest BCUT2D eigenvalue weighted by Gasteiger charge is 2.27. The van der Waals surface area contributed by atoms with Gasteiger partial charge in [-0.25, -0.2) is 0 Å². The fraction of sp³-hybridized carbons (Fsp3) is 0.308. The summed E-state index contributed by atoms with van der Waals surface area (Å²) in [6, 6.07) is 17.4. The number of benzene rings is 2. The molecule has 9 heteroatoms. The van der Waals surface area contributed by atoms with E-state index >= 15 is 0 Å². The Balaban J connectivity index is 1.87. The highest BCUT2D eigenvalue weighted by atomic mass is 35.5. The molecule has 3 aromatic rings. The van der Waals surface area contributed by atoms with Crippen LogP contribution in [0.3, 0.4) is 0 Å². The second-order valence-electron chi connectivity index (χ2n) is 8.36. The predicted octanol–water partition coefficient (Wildman–Crippen LogP) is 6.09. The summed E-state index contributed by atoms with van der Waals surface area (Å²) in [5.41, 5.74) is 0.772. The second kappa shape index (κ2) is 12.0. The highest BCUT2D eigenvalue weighted by Crippen LogP contribution is 2.26. The van der Waals surface area contributed by atoms with Crippen molar-refractivity contribution >= 4 is 40.4 Å². The van der Waals surface area contributed by atoms with Gasteiger partial charge < -0.3 is 9.80 Å². The van der Waals surface area contributed by atoms with E-state index < -0.39 is 10.8 Å². The topological polar surface area (TPSA) is 83.8 Å². The lowest BCUT2D eigenvalue weighted by Gasteiger charge is -2.31. The van der Waals surface area contributed by atoms with Gasteiger partial charge in [-0.2, -0.15) is 0 Å².